The molecule has 5 nitrogen and oxygen atoms in total. The van der Waals surface area contributed by atoms with Crippen LogP contribution >= 0.6 is 0 Å². The van der Waals surface area contributed by atoms with E-state index in [2.05, 4.69) is 4.98 Å². The fourth-order valence-electron chi connectivity index (χ4n) is 2.32. The summed E-state index contributed by atoms with van der Waals surface area (Å²) in [6, 6.07) is 10.1. The van der Waals surface area contributed by atoms with Crippen LogP contribution in [0.5, 0.6) is 11.5 Å². The lowest BCUT2D eigenvalue weighted by molar-refractivity contribution is 0.355. The van der Waals surface area contributed by atoms with Gasteiger partial charge in [0.2, 0.25) is 5.95 Å². The highest BCUT2D eigenvalue weighted by molar-refractivity contribution is 5.81. The molecule has 0 aliphatic heterocycles. The fraction of sp³-hybridized carbons (Fsp3) is 0.133. The summed E-state index contributed by atoms with van der Waals surface area (Å²) in [5.41, 5.74) is 7.49. The number of methoxy groups -OCH3 is 2. The largest absolute Gasteiger partial charge is 0.493 e. The molecule has 3 rings (SSSR count). The molecule has 0 fully saturated rings. The summed E-state index contributed by atoms with van der Waals surface area (Å²) in [5, 5.41) is 0. The second-order valence-corrected chi connectivity index (χ2v) is 4.45. The van der Waals surface area contributed by atoms with Crippen molar-refractivity contribution in [2.75, 3.05) is 20.0 Å². The highest BCUT2D eigenvalue weighted by Gasteiger charge is 2.14. The molecule has 0 unspecified atom stereocenters. The molecule has 0 amide bonds. The van der Waals surface area contributed by atoms with Gasteiger partial charge in [0.1, 0.15) is 5.52 Å². The first-order valence-corrected chi connectivity index (χ1v) is 6.30. The number of anilines is 1. The summed E-state index contributed by atoms with van der Waals surface area (Å²) in [6.45, 7) is 0. The Hall–Kier alpha value is -2.76. The first-order valence-electron chi connectivity index (χ1n) is 6.30. The molecule has 0 bridgehead atoms. The molecule has 6 heteroatoms. The highest BCUT2D eigenvalue weighted by atomic mass is 19.1. The first-order chi connectivity index (χ1) is 10.2. The lowest BCUT2D eigenvalue weighted by atomic mass is 10.2. The Kier molecular flexibility index (Phi) is 3.13. The Morgan fingerprint density at radius 1 is 1.10 bits per heavy atom. The molecule has 0 spiro atoms. The van der Waals surface area contributed by atoms with Crippen molar-refractivity contribution >= 4 is 17.0 Å². The number of ether oxygens (including phenoxy) is 2. The maximum absolute atomic E-state index is 13.8. The summed E-state index contributed by atoms with van der Waals surface area (Å²) in [7, 11) is 3.12. The maximum atomic E-state index is 13.8. The van der Waals surface area contributed by atoms with Crippen LogP contribution in [0.2, 0.25) is 0 Å². The smallest absolute Gasteiger partial charge is 0.206 e. The number of fused-ring (bicyclic) bond motifs is 1. The van der Waals surface area contributed by atoms with Crippen molar-refractivity contribution in [1.82, 2.24) is 9.55 Å². The topological polar surface area (TPSA) is 62.3 Å². The van der Waals surface area contributed by atoms with Gasteiger partial charge in [0.25, 0.3) is 0 Å². The number of rotatable bonds is 3. The molecule has 0 saturated heterocycles. The molecule has 1 aromatic heterocycles. The quantitative estimate of drug-likeness (QED) is 0.804. The van der Waals surface area contributed by atoms with Crippen LogP contribution in [0.4, 0.5) is 10.3 Å². The third-order valence-electron chi connectivity index (χ3n) is 3.29. The van der Waals surface area contributed by atoms with Crippen molar-refractivity contribution in [2.24, 2.45) is 0 Å². The zero-order valence-corrected chi connectivity index (χ0v) is 11.6. The SMILES string of the molecule is COc1ccc(-n2c(N)nc3c(F)cccc32)cc1OC. The molecule has 0 radical (unpaired) electrons. The zero-order chi connectivity index (χ0) is 15.0. The summed E-state index contributed by atoms with van der Waals surface area (Å²) in [5.74, 6) is 0.976. The van der Waals surface area contributed by atoms with Gasteiger partial charge in [-0.3, -0.25) is 4.57 Å². The number of nitrogens with two attached hydrogens (primary N) is 1. The number of nitrogens with zero attached hydrogens (tertiary/aromatic N) is 2. The molecule has 2 aromatic carbocycles. The minimum absolute atomic E-state index is 0.210. The Morgan fingerprint density at radius 3 is 2.57 bits per heavy atom. The normalized spacial score (nSPS) is 10.8. The van der Waals surface area contributed by atoms with E-state index < -0.39 is 5.82 Å². The van der Waals surface area contributed by atoms with E-state index in [0.717, 1.165) is 5.69 Å². The van der Waals surface area contributed by atoms with E-state index in [0.29, 0.717) is 17.0 Å². The van der Waals surface area contributed by atoms with E-state index in [4.69, 9.17) is 15.2 Å². The van der Waals surface area contributed by atoms with Gasteiger partial charge in [-0.25, -0.2) is 9.37 Å². The fourth-order valence-corrected chi connectivity index (χ4v) is 2.32. The first kappa shape index (κ1) is 13.2. The molecule has 0 saturated carbocycles. The standard InChI is InChI=1S/C15H14FN3O2/c1-20-12-7-6-9(8-13(12)21-2)19-11-5-3-4-10(16)14(11)18-15(19)17/h3-8H,1-2H3,(H2,17,18). The van der Waals surface area contributed by atoms with Crippen molar-refractivity contribution in [3.8, 4) is 17.2 Å². The van der Waals surface area contributed by atoms with Gasteiger partial charge in [0, 0.05) is 6.07 Å². The Labute approximate surface area is 120 Å². The van der Waals surface area contributed by atoms with E-state index in [1.165, 1.54) is 6.07 Å². The van der Waals surface area contributed by atoms with Crippen molar-refractivity contribution < 1.29 is 13.9 Å². The van der Waals surface area contributed by atoms with E-state index in [9.17, 15) is 4.39 Å². The number of nitrogen functional groups attached to an aromatic ring is 1. The Balaban J connectivity index is 2.25. The van der Waals surface area contributed by atoms with Gasteiger partial charge >= 0.3 is 0 Å². The van der Waals surface area contributed by atoms with E-state index in [1.54, 1.807) is 43.1 Å². The average Bonchev–Trinajstić information content (AvgIpc) is 2.84. The number of aromatic nitrogens is 2. The van der Waals surface area contributed by atoms with Gasteiger partial charge in [-0.05, 0) is 24.3 Å². The van der Waals surface area contributed by atoms with Gasteiger partial charge < -0.3 is 15.2 Å². The van der Waals surface area contributed by atoms with Crippen molar-refractivity contribution in [3.63, 3.8) is 0 Å². The minimum atomic E-state index is -0.404. The van der Waals surface area contributed by atoms with Gasteiger partial charge in [0.15, 0.2) is 17.3 Å². The number of para-hydroxylation sites is 1. The van der Waals surface area contributed by atoms with Crippen LogP contribution < -0.4 is 15.2 Å². The molecular weight excluding hydrogens is 273 g/mol. The molecular formula is C15H14FN3O2. The predicted molar refractivity (Wildman–Crippen MR) is 78.5 cm³/mol. The van der Waals surface area contributed by atoms with Crippen LogP contribution in [-0.4, -0.2) is 23.8 Å². The monoisotopic (exact) mass is 287 g/mol. The summed E-state index contributed by atoms with van der Waals surface area (Å²) < 4.78 is 25.9. The molecule has 0 aliphatic rings. The van der Waals surface area contributed by atoms with Crippen LogP contribution in [0.15, 0.2) is 36.4 Å². The number of imidazole rings is 1. The zero-order valence-electron chi connectivity index (χ0n) is 11.6. The molecule has 0 aliphatic carbocycles. The van der Waals surface area contributed by atoms with Crippen molar-refractivity contribution in [3.05, 3.63) is 42.2 Å². The van der Waals surface area contributed by atoms with Crippen LogP contribution in [0.1, 0.15) is 0 Å². The van der Waals surface area contributed by atoms with Gasteiger partial charge in [-0.1, -0.05) is 6.07 Å². The van der Waals surface area contributed by atoms with Crippen LogP contribution in [0.25, 0.3) is 16.7 Å². The highest BCUT2D eigenvalue weighted by Crippen LogP contribution is 2.32. The number of halogens is 1. The second kappa shape index (κ2) is 4.97. The predicted octanol–water partition coefficient (Wildman–Crippen LogP) is 2.76. The second-order valence-electron chi connectivity index (χ2n) is 4.45. The van der Waals surface area contributed by atoms with E-state index in [1.807, 2.05) is 6.07 Å². The maximum Gasteiger partial charge on any atom is 0.206 e. The number of hydrogen-bond donors (Lipinski definition) is 1. The number of benzene rings is 2. The third-order valence-corrected chi connectivity index (χ3v) is 3.29. The van der Waals surface area contributed by atoms with Crippen LogP contribution in [0, 0.1) is 5.82 Å². The van der Waals surface area contributed by atoms with E-state index >= 15 is 0 Å². The van der Waals surface area contributed by atoms with Crippen LogP contribution in [-0.2, 0) is 0 Å². The number of hydrogen-bond acceptors (Lipinski definition) is 4. The molecule has 3 aromatic rings. The summed E-state index contributed by atoms with van der Waals surface area (Å²) in [4.78, 5) is 4.08. The molecule has 1 heterocycles. The average molecular weight is 287 g/mol. The Morgan fingerprint density at radius 2 is 1.86 bits per heavy atom. The molecule has 0 atom stereocenters. The molecule has 108 valence electrons. The van der Waals surface area contributed by atoms with Crippen molar-refractivity contribution in [2.45, 2.75) is 0 Å². The molecule has 2 N–H and O–H groups in total. The lowest BCUT2D eigenvalue weighted by Crippen LogP contribution is -2.01. The minimum Gasteiger partial charge on any atom is -0.493 e. The van der Waals surface area contributed by atoms with E-state index in [-0.39, 0.29) is 11.5 Å². The van der Waals surface area contributed by atoms with Gasteiger partial charge in [-0.15, -0.1) is 0 Å². The van der Waals surface area contributed by atoms with Crippen molar-refractivity contribution in [1.29, 1.82) is 0 Å². The third kappa shape index (κ3) is 2.05. The lowest BCUT2D eigenvalue weighted by Gasteiger charge is -2.11. The summed E-state index contributed by atoms with van der Waals surface area (Å²) in [6.07, 6.45) is 0. The summed E-state index contributed by atoms with van der Waals surface area (Å²) >= 11 is 0. The van der Waals surface area contributed by atoms with Gasteiger partial charge in [0.05, 0.1) is 25.4 Å². The van der Waals surface area contributed by atoms with Crippen LogP contribution in [0.3, 0.4) is 0 Å². The molecule has 21 heavy (non-hydrogen) atoms. The van der Waals surface area contributed by atoms with Gasteiger partial charge in [-0.2, -0.15) is 0 Å². The Bertz CT molecular complexity index is 814.